The van der Waals surface area contributed by atoms with Crippen molar-refractivity contribution in [3.63, 3.8) is 0 Å². The van der Waals surface area contributed by atoms with E-state index in [2.05, 4.69) is 5.32 Å². The van der Waals surface area contributed by atoms with E-state index < -0.39 is 11.9 Å². The Kier molecular flexibility index (Phi) is 5.45. The fraction of sp³-hybridized carbons (Fsp3) is 0.333. The van der Waals surface area contributed by atoms with E-state index in [-0.39, 0.29) is 11.5 Å². The van der Waals surface area contributed by atoms with Crippen molar-refractivity contribution in [2.45, 2.75) is 44.1 Å². The molecule has 0 bridgehead atoms. The lowest BCUT2D eigenvalue weighted by molar-refractivity contribution is 0.0944. The van der Waals surface area contributed by atoms with Gasteiger partial charge < -0.3 is 5.32 Å². The van der Waals surface area contributed by atoms with Crippen LogP contribution in [0.2, 0.25) is 0 Å². The molecule has 1 saturated carbocycles. The average Bonchev–Trinajstić information content (AvgIpc) is 2.67. The topological polar surface area (TPSA) is 52.9 Å². The highest BCUT2D eigenvalue weighted by Crippen LogP contribution is 2.32. The van der Waals surface area contributed by atoms with Crippen LogP contribution in [-0.2, 0) is 0 Å². The second-order valence-electron chi connectivity index (χ2n) is 6.51. The van der Waals surface area contributed by atoms with Gasteiger partial charge in [0, 0.05) is 11.1 Å². The molecule has 0 radical (unpaired) electrons. The van der Waals surface area contributed by atoms with Crippen molar-refractivity contribution in [1.29, 1.82) is 5.26 Å². The highest BCUT2D eigenvalue weighted by Gasteiger charge is 2.19. The fourth-order valence-electron chi connectivity index (χ4n) is 3.45. The van der Waals surface area contributed by atoms with Gasteiger partial charge in [-0.3, -0.25) is 4.79 Å². The summed E-state index contributed by atoms with van der Waals surface area (Å²) < 4.78 is 13.8. The van der Waals surface area contributed by atoms with Crippen molar-refractivity contribution in [3.05, 3.63) is 71.0 Å². The van der Waals surface area contributed by atoms with Crippen molar-refractivity contribution in [2.24, 2.45) is 0 Å². The molecule has 1 aliphatic carbocycles. The van der Waals surface area contributed by atoms with Crippen molar-refractivity contribution >= 4 is 5.91 Å². The number of hydrogen-bond donors (Lipinski definition) is 1. The van der Waals surface area contributed by atoms with Gasteiger partial charge in [-0.1, -0.05) is 49.6 Å². The van der Waals surface area contributed by atoms with Crippen molar-refractivity contribution in [3.8, 4) is 6.07 Å². The molecule has 0 saturated heterocycles. The van der Waals surface area contributed by atoms with E-state index in [1.807, 2.05) is 18.2 Å². The molecule has 1 aliphatic rings. The predicted octanol–water partition coefficient (Wildman–Crippen LogP) is 4.87. The Morgan fingerprint density at radius 1 is 1.08 bits per heavy atom. The summed E-state index contributed by atoms with van der Waals surface area (Å²) in [6, 6.07) is 14.5. The summed E-state index contributed by atoms with van der Waals surface area (Å²) in [5.41, 5.74) is 1.93. The largest absolute Gasteiger partial charge is 0.332 e. The molecule has 0 heterocycles. The van der Waals surface area contributed by atoms with Crippen LogP contribution in [0.5, 0.6) is 0 Å². The number of halogens is 1. The van der Waals surface area contributed by atoms with Crippen molar-refractivity contribution in [2.75, 3.05) is 0 Å². The van der Waals surface area contributed by atoms with Crippen LogP contribution in [0.1, 0.15) is 65.5 Å². The summed E-state index contributed by atoms with van der Waals surface area (Å²) in [6.45, 7) is 0. The first-order chi connectivity index (χ1) is 12.2. The third-order valence-corrected chi connectivity index (χ3v) is 4.87. The molecule has 0 spiro atoms. The summed E-state index contributed by atoms with van der Waals surface area (Å²) in [5, 5.41) is 11.9. The van der Waals surface area contributed by atoms with Gasteiger partial charge in [0.1, 0.15) is 11.9 Å². The molecule has 1 amide bonds. The Labute approximate surface area is 147 Å². The van der Waals surface area contributed by atoms with Crippen LogP contribution < -0.4 is 5.32 Å². The van der Waals surface area contributed by atoms with Crippen molar-refractivity contribution in [1.82, 2.24) is 5.32 Å². The number of hydrogen-bond acceptors (Lipinski definition) is 2. The molecule has 1 N–H and O–H groups in total. The predicted molar refractivity (Wildman–Crippen MR) is 94.5 cm³/mol. The molecule has 1 unspecified atom stereocenters. The van der Waals surface area contributed by atoms with Gasteiger partial charge in [-0.2, -0.15) is 5.26 Å². The van der Waals surface area contributed by atoms with Gasteiger partial charge in [-0.15, -0.1) is 0 Å². The first-order valence-electron chi connectivity index (χ1n) is 8.74. The molecule has 3 rings (SSSR count). The Balaban J connectivity index is 1.70. The maximum absolute atomic E-state index is 13.8. The number of nitrogens with one attached hydrogen (secondary N) is 1. The van der Waals surface area contributed by atoms with Crippen LogP contribution >= 0.6 is 0 Å². The minimum absolute atomic E-state index is 0.178. The average molecular weight is 336 g/mol. The molecule has 1 fully saturated rings. The maximum Gasteiger partial charge on any atom is 0.252 e. The maximum atomic E-state index is 13.8. The quantitative estimate of drug-likeness (QED) is 0.866. The van der Waals surface area contributed by atoms with Crippen LogP contribution in [0.3, 0.4) is 0 Å². The number of nitrogens with zero attached hydrogens (tertiary/aromatic N) is 1. The third-order valence-electron chi connectivity index (χ3n) is 4.87. The van der Waals surface area contributed by atoms with E-state index in [9.17, 15) is 14.4 Å². The lowest BCUT2D eigenvalue weighted by Crippen LogP contribution is -2.28. The van der Waals surface area contributed by atoms with Crippen LogP contribution in [0.25, 0.3) is 0 Å². The smallest absolute Gasteiger partial charge is 0.252 e. The highest BCUT2D eigenvalue weighted by atomic mass is 19.1. The van der Waals surface area contributed by atoms with Gasteiger partial charge in [0.2, 0.25) is 0 Å². The summed E-state index contributed by atoms with van der Waals surface area (Å²) >= 11 is 0. The summed E-state index contributed by atoms with van der Waals surface area (Å²) in [5.74, 6) is -0.289. The second kappa shape index (κ2) is 7.94. The number of carbonyl (C=O) groups excluding carboxylic acids is 1. The monoisotopic (exact) mass is 336 g/mol. The molecule has 0 aromatic heterocycles. The van der Waals surface area contributed by atoms with E-state index in [0.717, 1.165) is 0 Å². The van der Waals surface area contributed by atoms with E-state index in [1.54, 1.807) is 24.3 Å². The highest BCUT2D eigenvalue weighted by molar-refractivity contribution is 5.94. The molecule has 2 aromatic carbocycles. The van der Waals surface area contributed by atoms with Gasteiger partial charge in [-0.05, 0) is 42.5 Å². The number of nitriles is 1. The third kappa shape index (κ3) is 4.06. The first kappa shape index (κ1) is 17.2. The molecule has 128 valence electrons. The molecule has 4 heteroatoms. The molecule has 25 heavy (non-hydrogen) atoms. The minimum Gasteiger partial charge on any atom is -0.332 e. The van der Waals surface area contributed by atoms with Crippen LogP contribution in [0.4, 0.5) is 4.39 Å². The van der Waals surface area contributed by atoms with Crippen LogP contribution in [0, 0.1) is 17.1 Å². The first-order valence-corrected chi connectivity index (χ1v) is 8.74. The zero-order chi connectivity index (χ0) is 17.6. The zero-order valence-corrected chi connectivity index (χ0v) is 14.0. The standard InChI is InChI=1S/C21H21FN2O/c22-19-9-5-4-8-18(19)20(14-23)24-21(25)17-12-10-16(11-13-17)15-6-2-1-3-7-15/h4-5,8-13,15,20H,1-3,6-7H2,(H,24,25). The molecular weight excluding hydrogens is 315 g/mol. The molecule has 1 atom stereocenters. The SMILES string of the molecule is N#CC(NC(=O)c1ccc(C2CCCCC2)cc1)c1ccccc1F. The van der Waals surface area contributed by atoms with Gasteiger partial charge in [-0.25, -0.2) is 4.39 Å². The van der Waals surface area contributed by atoms with Gasteiger partial charge in [0.15, 0.2) is 0 Å². The van der Waals surface area contributed by atoms with E-state index in [0.29, 0.717) is 11.5 Å². The van der Waals surface area contributed by atoms with Crippen LogP contribution in [0.15, 0.2) is 48.5 Å². The zero-order valence-electron chi connectivity index (χ0n) is 14.0. The van der Waals surface area contributed by atoms with E-state index >= 15 is 0 Å². The van der Waals surface area contributed by atoms with Gasteiger partial charge >= 0.3 is 0 Å². The lowest BCUT2D eigenvalue weighted by Gasteiger charge is -2.22. The second-order valence-corrected chi connectivity index (χ2v) is 6.51. The van der Waals surface area contributed by atoms with Gasteiger partial charge in [0.25, 0.3) is 5.91 Å². The van der Waals surface area contributed by atoms with E-state index in [1.165, 1.54) is 49.8 Å². The van der Waals surface area contributed by atoms with Crippen molar-refractivity contribution < 1.29 is 9.18 Å². The summed E-state index contributed by atoms with van der Waals surface area (Å²) in [4.78, 5) is 12.4. The Morgan fingerprint density at radius 2 is 1.76 bits per heavy atom. The number of amides is 1. The summed E-state index contributed by atoms with van der Waals surface area (Å²) in [7, 11) is 0. The normalized spacial score (nSPS) is 16.0. The number of benzene rings is 2. The molecule has 0 aliphatic heterocycles. The summed E-state index contributed by atoms with van der Waals surface area (Å²) in [6.07, 6.45) is 6.24. The van der Waals surface area contributed by atoms with Gasteiger partial charge in [0.05, 0.1) is 6.07 Å². The lowest BCUT2D eigenvalue weighted by atomic mass is 9.84. The van der Waals surface area contributed by atoms with E-state index in [4.69, 9.17) is 0 Å². The fourth-order valence-corrected chi connectivity index (χ4v) is 3.45. The van der Waals surface area contributed by atoms with Crippen LogP contribution in [-0.4, -0.2) is 5.91 Å². The molecular formula is C21H21FN2O. The minimum atomic E-state index is -1.01. The Bertz CT molecular complexity index is 773. The molecule has 3 nitrogen and oxygen atoms in total. The Hall–Kier alpha value is -2.67. The Morgan fingerprint density at radius 3 is 2.40 bits per heavy atom. The molecule has 2 aromatic rings. The number of carbonyl (C=O) groups is 1. The number of rotatable bonds is 4.